The number of rotatable bonds is 4. The van der Waals surface area contributed by atoms with Gasteiger partial charge in [0.25, 0.3) is 0 Å². The molecule has 5 nitrogen and oxygen atoms in total. The Hall–Kier alpha value is -1.91. The number of nitrogens with zero attached hydrogens (tertiary/aromatic N) is 4. The van der Waals surface area contributed by atoms with E-state index in [2.05, 4.69) is 43.1 Å². The molecule has 114 valence electrons. The fourth-order valence-electron chi connectivity index (χ4n) is 2.34. The van der Waals surface area contributed by atoms with Crippen LogP contribution < -0.4 is 5.32 Å². The van der Waals surface area contributed by atoms with Crippen LogP contribution in [0.25, 0.3) is 11.4 Å². The van der Waals surface area contributed by atoms with Gasteiger partial charge in [-0.3, -0.25) is 4.68 Å². The molecular weight excluding hydrogens is 262 g/mol. The molecule has 2 aromatic heterocycles. The van der Waals surface area contributed by atoms with Gasteiger partial charge in [0.2, 0.25) is 0 Å². The van der Waals surface area contributed by atoms with Crippen LogP contribution in [0.15, 0.2) is 12.3 Å². The molecule has 0 bridgehead atoms. The molecule has 1 N–H and O–H groups in total. The van der Waals surface area contributed by atoms with Crippen molar-refractivity contribution >= 4 is 5.82 Å². The number of anilines is 1. The molecule has 2 rings (SSSR count). The Labute approximate surface area is 126 Å². The van der Waals surface area contributed by atoms with E-state index in [-0.39, 0.29) is 5.41 Å². The summed E-state index contributed by atoms with van der Waals surface area (Å²) >= 11 is 0. The number of hydrogen-bond acceptors (Lipinski definition) is 4. The Balaban J connectivity index is 2.58. The summed E-state index contributed by atoms with van der Waals surface area (Å²) in [4.78, 5) is 9.34. The zero-order chi connectivity index (χ0) is 15.6. The smallest absolute Gasteiger partial charge is 0.165 e. The van der Waals surface area contributed by atoms with Gasteiger partial charge < -0.3 is 5.32 Å². The number of aryl methyl sites for hydroxylation is 2. The Morgan fingerprint density at radius 2 is 1.95 bits per heavy atom. The maximum Gasteiger partial charge on any atom is 0.165 e. The lowest BCUT2D eigenvalue weighted by Gasteiger charge is -2.17. The van der Waals surface area contributed by atoms with Crippen molar-refractivity contribution in [2.75, 3.05) is 12.4 Å². The van der Waals surface area contributed by atoms with Crippen LogP contribution in [-0.4, -0.2) is 26.8 Å². The number of hydrogen-bond donors (Lipinski definition) is 1. The molecule has 0 aromatic carbocycles. The van der Waals surface area contributed by atoms with E-state index >= 15 is 0 Å². The van der Waals surface area contributed by atoms with E-state index in [0.29, 0.717) is 0 Å². The van der Waals surface area contributed by atoms with E-state index in [9.17, 15) is 0 Å². The van der Waals surface area contributed by atoms with Gasteiger partial charge in [-0.2, -0.15) is 5.10 Å². The summed E-state index contributed by atoms with van der Waals surface area (Å²) < 4.78 is 1.84. The number of aromatic nitrogens is 4. The van der Waals surface area contributed by atoms with Crippen LogP contribution in [0.2, 0.25) is 0 Å². The van der Waals surface area contributed by atoms with Gasteiger partial charge in [-0.15, -0.1) is 0 Å². The van der Waals surface area contributed by atoms with Crippen molar-refractivity contribution in [3.63, 3.8) is 0 Å². The van der Waals surface area contributed by atoms with E-state index < -0.39 is 0 Å². The van der Waals surface area contributed by atoms with Crippen LogP contribution in [0, 0.1) is 0 Å². The van der Waals surface area contributed by atoms with Gasteiger partial charge in [0.1, 0.15) is 5.82 Å². The first kappa shape index (κ1) is 15.5. The van der Waals surface area contributed by atoms with Gasteiger partial charge in [-0.1, -0.05) is 34.1 Å². The van der Waals surface area contributed by atoms with Gasteiger partial charge in [0, 0.05) is 37.5 Å². The van der Waals surface area contributed by atoms with E-state index in [1.807, 2.05) is 31.0 Å². The normalized spacial score (nSPS) is 11.7. The minimum absolute atomic E-state index is 0.0411. The lowest BCUT2D eigenvalue weighted by atomic mass is 9.89. The zero-order valence-corrected chi connectivity index (χ0v) is 13.9. The average Bonchev–Trinajstić information content (AvgIpc) is 2.81. The highest BCUT2D eigenvalue weighted by molar-refractivity contribution is 5.61. The minimum Gasteiger partial charge on any atom is -0.373 e. The second-order valence-corrected chi connectivity index (χ2v) is 6.38. The Morgan fingerprint density at radius 1 is 1.24 bits per heavy atom. The predicted octanol–water partition coefficient (Wildman–Crippen LogP) is 3.17. The first-order valence-corrected chi connectivity index (χ1v) is 7.45. The molecule has 21 heavy (non-hydrogen) atoms. The van der Waals surface area contributed by atoms with Crippen molar-refractivity contribution in [2.24, 2.45) is 7.05 Å². The Kier molecular flexibility index (Phi) is 4.30. The second kappa shape index (κ2) is 5.84. The van der Waals surface area contributed by atoms with Gasteiger partial charge in [0.15, 0.2) is 5.82 Å². The van der Waals surface area contributed by atoms with Gasteiger partial charge >= 0.3 is 0 Å². The van der Waals surface area contributed by atoms with E-state index in [4.69, 9.17) is 4.98 Å². The summed E-state index contributed by atoms with van der Waals surface area (Å²) in [5.74, 6) is 1.61. The second-order valence-electron chi connectivity index (χ2n) is 6.38. The molecular formula is C16H25N5. The molecule has 0 aliphatic rings. The van der Waals surface area contributed by atoms with Crippen molar-refractivity contribution in [3.05, 3.63) is 23.7 Å². The van der Waals surface area contributed by atoms with Crippen LogP contribution in [0.5, 0.6) is 0 Å². The monoisotopic (exact) mass is 287 g/mol. The molecule has 0 spiro atoms. The topological polar surface area (TPSA) is 55.6 Å². The molecule has 0 unspecified atom stereocenters. The van der Waals surface area contributed by atoms with Crippen LogP contribution in [-0.2, 0) is 18.9 Å². The fourth-order valence-corrected chi connectivity index (χ4v) is 2.34. The maximum atomic E-state index is 4.72. The fraction of sp³-hybridized carbons (Fsp3) is 0.562. The van der Waals surface area contributed by atoms with Crippen molar-refractivity contribution in [3.8, 4) is 11.4 Å². The molecule has 2 heterocycles. The van der Waals surface area contributed by atoms with Crippen molar-refractivity contribution < 1.29 is 0 Å². The first-order chi connectivity index (χ1) is 9.85. The highest BCUT2D eigenvalue weighted by Crippen LogP contribution is 2.30. The third kappa shape index (κ3) is 3.40. The lowest BCUT2D eigenvalue weighted by molar-refractivity contribution is 0.554. The Bertz CT molecular complexity index is 622. The van der Waals surface area contributed by atoms with Crippen molar-refractivity contribution in [2.45, 2.75) is 46.0 Å². The van der Waals surface area contributed by atoms with Crippen LogP contribution in [0.3, 0.4) is 0 Å². The molecule has 0 saturated heterocycles. The molecule has 0 amide bonds. The largest absolute Gasteiger partial charge is 0.373 e. The highest BCUT2D eigenvalue weighted by Gasteiger charge is 2.24. The summed E-state index contributed by atoms with van der Waals surface area (Å²) in [7, 11) is 3.82. The average molecular weight is 287 g/mol. The molecule has 0 radical (unpaired) electrons. The number of nitrogens with one attached hydrogen (secondary N) is 1. The summed E-state index contributed by atoms with van der Waals surface area (Å²) in [6.07, 6.45) is 4.03. The van der Waals surface area contributed by atoms with Crippen molar-refractivity contribution in [1.82, 2.24) is 19.7 Å². The highest BCUT2D eigenvalue weighted by atomic mass is 15.3. The van der Waals surface area contributed by atoms with Crippen LogP contribution >= 0.6 is 0 Å². The first-order valence-electron chi connectivity index (χ1n) is 7.45. The third-order valence-electron chi connectivity index (χ3n) is 3.32. The SMILES string of the molecule is CCCc1cc(NC)nc(-c2cn(C)nc2C(C)(C)C)n1. The standard InChI is InChI=1S/C16H25N5/c1-7-8-11-9-13(17-5)19-15(18-11)12-10-21(6)20-14(12)16(2,3)4/h9-10H,7-8H2,1-6H3,(H,17,18,19). The maximum absolute atomic E-state index is 4.72. The van der Waals surface area contributed by atoms with Gasteiger partial charge in [-0.25, -0.2) is 9.97 Å². The Morgan fingerprint density at radius 3 is 2.52 bits per heavy atom. The predicted molar refractivity (Wildman–Crippen MR) is 86.5 cm³/mol. The van der Waals surface area contributed by atoms with Crippen LogP contribution in [0.1, 0.15) is 45.5 Å². The quantitative estimate of drug-likeness (QED) is 0.938. The lowest BCUT2D eigenvalue weighted by Crippen LogP contribution is -2.14. The summed E-state index contributed by atoms with van der Waals surface area (Å²) in [5.41, 5.74) is 3.07. The van der Waals surface area contributed by atoms with Gasteiger partial charge in [-0.05, 0) is 6.42 Å². The minimum atomic E-state index is -0.0411. The summed E-state index contributed by atoms with van der Waals surface area (Å²) in [5, 5.41) is 7.73. The summed E-state index contributed by atoms with van der Waals surface area (Å²) in [6, 6.07) is 2.01. The molecule has 0 fully saturated rings. The van der Waals surface area contributed by atoms with Crippen molar-refractivity contribution in [1.29, 1.82) is 0 Å². The molecule has 0 saturated carbocycles. The molecule has 5 heteroatoms. The molecule has 2 aromatic rings. The summed E-state index contributed by atoms with van der Waals surface area (Å²) in [6.45, 7) is 8.64. The zero-order valence-electron chi connectivity index (χ0n) is 13.9. The third-order valence-corrected chi connectivity index (χ3v) is 3.32. The van der Waals surface area contributed by atoms with E-state index in [0.717, 1.165) is 41.4 Å². The van der Waals surface area contributed by atoms with E-state index in [1.54, 1.807) is 0 Å². The van der Waals surface area contributed by atoms with Crippen LogP contribution in [0.4, 0.5) is 5.82 Å². The molecule has 0 aliphatic carbocycles. The van der Waals surface area contributed by atoms with Gasteiger partial charge in [0.05, 0.1) is 11.3 Å². The molecule has 0 atom stereocenters. The van der Waals surface area contributed by atoms with E-state index in [1.165, 1.54) is 0 Å². The molecule has 0 aliphatic heterocycles.